The number of carbonyl (C=O) groups excluding carboxylic acids is 1. The molecule has 1 aliphatic rings. The second kappa shape index (κ2) is 7.69. The van der Waals surface area contributed by atoms with Gasteiger partial charge in [0.1, 0.15) is 10.7 Å². The number of pyridine rings is 1. The van der Waals surface area contributed by atoms with Crippen molar-refractivity contribution in [2.45, 2.75) is 51.9 Å². The summed E-state index contributed by atoms with van der Waals surface area (Å²) in [7, 11) is 1.69. The molecule has 0 aromatic carbocycles. The van der Waals surface area contributed by atoms with Crippen LogP contribution in [0.1, 0.15) is 44.8 Å². The van der Waals surface area contributed by atoms with Crippen LogP contribution in [0, 0.1) is 12.8 Å². The predicted molar refractivity (Wildman–Crippen MR) is 108 cm³/mol. The van der Waals surface area contributed by atoms with Crippen LogP contribution in [-0.2, 0) is 4.79 Å². The molecule has 152 valence electrons. The van der Waals surface area contributed by atoms with Crippen LogP contribution in [0.2, 0.25) is 5.15 Å². The zero-order valence-corrected chi connectivity index (χ0v) is 17.2. The smallest absolute Gasteiger partial charge is 0.222 e. The molecule has 2 atom stereocenters. The summed E-state index contributed by atoms with van der Waals surface area (Å²) in [5.74, 6) is -1.32. The summed E-state index contributed by atoms with van der Waals surface area (Å²) in [4.78, 5) is 24.3. The van der Waals surface area contributed by atoms with Gasteiger partial charge in [-0.2, -0.15) is 0 Å². The maximum absolute atomic E-state index is 11.8. The van der Waals surface area contributed by atoms with E-state index in [1.165, 1.54) is 13.8 Å². The van der Waals surface area contributed by atoms with E-state index >= 15 is 0 Å². The van der Waals surface area contributed by atoms with Gasteiger partial charge in [-0.15, -0.1) is 0 Å². The number of nitrogens with one attached hydrogen (secondary N) is 2. The Labute approximate surface area is 167 Å². The molecule has 1 fully saturated rings. The first-order valence-electron chi connectivity index (χ1n) is 9.26. The third-order valence-electron chi connectivity index (χ3n) is 4.80. The van der Waals surface area contributed by atoms with Crippen molar-refractivity contribution in [3.8, 4) is 0 Å². The maximum Gasteiger partial charge on any atom is 0.222 e. The third kappa shape index (κ3) is 4.29. The SMILES string of the molecule is CC(C)(O)O.CNC(=O)C1CCC(n2cnc3c4[nH]c(C)cc4c(Cl)nc32)C1. The van der Waals surface area contributed by atoms with Gasteiger partial charge >= 0.3 is 0 Å². The minimum absolute atomic E-state index is 0.0642. The number of imidazole rings is 1. The first-order chi connectivity index (χ1) is 13.1. The van der Waals surface area contributed by atoms with Crippen molar-refractivity contribution in [1.82, 2.24) is 24.8 Å². The van der Waals surface area contributed by atoms with Gasteiger partial charge in [-0.05, 0) is 46.1 Å². The number of H-pyrrole nitrogens is 1. The summed E-state index contributed by atoms with van der Waals surface area (Å²) in [5, 5.41) is 20.3. The van der Waals surface area contributed by atoms with E-state index in [9.17, 15) is 4.79 Å². The van der Waals surface area contributed by atoms with Crippen molar-refractivity contribution in [2.24, 2.45) is 5.92 Å². The van der Waals surface area contributed by atoms with Crippen molar-refractivity contribution in [3.05, 3.63) is 23.2 Å². The molecule has 2 unspecified atom stereocenters. The van der Waals surface area contributed by atoms with E-state index in [1.54, 1.807) is 7.05 Å². The molecule has 8 nitrogen and oxygen atoms in total. The van der Waals surface area contributed by atoms with E-state index in [4.69, 9.17) is 21.8 Å². The maximum atomic E-state index is 11.8. The fraction of sp³-hybridized carbons (Fsp3) is 0.526. The number of rotatable bonds is 2. The van der Waals surface area contributed by atoms with Gasteiger partial charge in [-0.1, -0.05) is 11.6 Å². The van der Waals surface area contributed by atoms with E-state index in [2.05, 4.69) is 24.8 Å². The third-order valence-corrected chi connectivity index (χ3v) is 5.09. The van der Waals surface area contributed by atoms with Gasteiger partial charge < -0.3 is 25.1 Å². The number of aliphatic hydroxyl groups is 2. The van der Waals surface area contributed by atoms with Crippen LogP contribution in [0.5, 0.6) is 0 Å². The molecule has 3 aromatic heterocycles. The lowest BCUT2D eigenvalue weighted by Gasteiger charge is -2.13. The molecule has 1 aliphatic carbocycles. The number of aromatic nitrogens is 4. The quantitative estimate of drug-likeness (QED) is 0.385. The molecule has 0 bridgehead atoms. The molecule has 0 radical (unpaired) electrons. The summed E-state index contributed by atoms with van der Waals surface area (Å²) >= 11 is 6.35. The molecule has 4 N–H and O–H groups in total. The summed E-state index contributed by atoms with van der Waals surface area (Å²) in [6.45, 7) is 4.59. The monoisotopic (exact) mass is 407 g/mol. The number of nitrogens with zero attached hydrogens (tertiary/aromatic N) is 3. The van der Waals surface area contributed by atoms with E-state index in [0.29, 0.717) is 5.15 Å². The summed E-state index contributed by atoms with van der Waals surface area (Å²) in [5.41, 5.74) is 3.58. The number of amides is 1. The Bertz CT molecular complexity index is 998. The number of halogens is 1. The fourth-order valence-corrected chi connectivity index (χ4v) is 3.88. The van der Waals surface area contributed by atoms with E-state index < -0.39 is 5.79 Å². The number of hydrogen-bond acceptors (Lipinski definition) is 5. The molecule has 0 saturated heterocycles. The highest BCUT2D eigenvalue weighted by Crippen LogP contribution is 2.37. The average Bonchev–Trinajstić information content (AvgIpc) is 3.29. The van der Waals surface area contributed by atoms with E-state index in [1.807, 2.05) is 19.3 Å². The van der Waals surface area contributed by atoms with Crippen molar-refractivity contribution < 1.29 is 15.0 Å². The molecule has 3 heterocycles. The number of aromatic amines is 1. The lowest BCUT2D eigenvalue weighted by molar-refractivity contribution is -0.127. The topological polar surface area (TPSA) is 116 Å². The Balaban J connectivity index is 0.000000403. The zero-order chi connectivity index (χ0) is 20.6. The Morgan fingerprint density at radius 3 is 2.71 bits per heavy atom. The van der Waals surface area contributed by atoms with Crippen LogP contribution in [0.4, 0.5) is 0 Å². The lowest BCUT2D eigenvalue weighted by atomic mass is 10.1. The van der Waals surface area contributed by atoms with Crippen LogP contribution in [0.3, 0.4) is 0 Å². The number of aryl methyl sites for hydroxylation is 1. The van der Waals surface area contributed by atoms with Gasteiger partial charge in [0.05, 0.1) is 11.8 Å². The van der Waals surface area contributed by atoms with Gasteiger partial charge in [-0.3, -0.25) is 4.79 Å². The molecular formula is C19H26ClN5O3. The minimum atomic E-state index is -1.50. The van der Waals surface area contributed by atoms with Gasteiger partial charge in [0.2, 0.25) is 5.91 Å². The largest absolute Gasteiger partial charge is 0.366 e. The molecule has 3 aromatic rings. The van der Waals surface area contributed by atoms with Crippen molar-refractivity contribution in [2.75, 3.05) is 7.05 Å². The van der Waals surface area contributed by atoms with Crippen LogP contribution >= 0.6 is 11.6 Å². The highest BCUT2D eigenvalue weighted by molar-refractivity contribution is 6.35. The second-order valence-corrected chi connectivity index (χ2v) is 8.10. The molecular weight excluding hydrogens is 382 g/mol. The average molecular weight is 408 g/mol. The van der Waals surface area contributed by atoms with Gasteiger partial charge in [0.25, 0.3) is 0 Å². The van der Waals surface area contributed by atoms with Crippen LogP contribution in [-0.4, -0.2) is 48.5 Å². The number of hydrogen-bond donors (Lipinski definition) is 4. The standard InChI is InChI=1S/C16H18ClN5O.C3H8O2/c1-8-5-11-12(20-8)13-15(21-14(11)17)22(7-19-13)10-4-3-9(6-10)16(23)18-2;1-3(2,4)5/h5,7,9-10,20H,3-4,6H2,1-2H3,(H,18,23);4-5H,1-2H3. The Kier molecular flexibility index (Phi) is 5.65. The first-order valence-corrected chi connectivity index (χ1v) is 9.64. The minimum Gasteiger partial charge on any atom is -0.366 e. The number of carbonyl (C=O) groups is 1. The van der Waals surface area contributed by atoms with Gasteiger partial charge in [0, 0.05) is 30.1 Å². The van der Waals surface area contributed by atoms with E-state index in [-0.39, 0.29) is 17.9 Å². The van der Waals surface area contributed by atoms with Crippen molar-refractivity contribution >= 4 is 39.6 Å². The van der Waals surface area contributed by atoms with Gasteiger partial charge in [-0.25, -0.2) is 9.97 Å². The molecule has 1 saturated carbocycles. The normalized spacial score (nSPS) is 19.7. The van der Waals surface area contributed by atoms with Crippen LogP contribution in [0.25, 0.3) is 22.1 Å². The van der Waals surface area contributed by atoms with Gasteiger partial charge in [0.15, 0.2) is 11.4 Å². The highest BCUT2D eigenvalue weighted by atomic mass is 35.5. The van der Waals surface area contributed by atoms with Crippen molar-refractivity contribution in [3.63, 3.8) is 0 Å². The molecule has 0 spiro atoms. The molecule has 28 heavy (non-hydrogen) atoms. The van der Waals surface area contributed by atoms with Crippen molar-refractivity contribution in [1.29, 1.82) is 0 Å². The Hall–Kier alpha value is -2.16. The highest BCUT2D eigenvalue weighted by Gasteiger charge is 2.31. The molecule has 0 aliphatic heterocycles. The summed E-state index contributed by atoms with van der Waals surface area (Å²) in [6, 6.07) is 2.22. The van der Waals surface area contributed by atoms with E-state index in [0.717, 1.165) is 47.0 Å². The molecule has 9 heteroatoms. The summed E-state index contributed by atoms with van der Waals surface area (Å²) in [6.07, 6.45) is 4.47. The fourth-order valence-electron chi connectivity index (χ4n) is 3.65. The Morgan fingerprint density at radius 2 is 2.07 bits per heavy atom. The zero-order valence-electron chi connectivity index (χ0n) is 16.5. The number of fused-ring (bicyclic) bond motifs is 3. The van der Waals surface area contributed by atoms with Crippen LogP contribution < -0.4 is 5.32 Å². The van der Waals surface area contributed by atoms with Crippen LogP contribution in [0.15, 0.2) is 12.4 Å². The predicted octanol–water partition coefficient (Wildman–Crippen LogP) is 2.67. The lowest BCUT2D eigenvalue weighted by Crippen LogP contribution is -2.25. The molecule has 4 rings (SSSR count). The molecule has 1 amide bonds. The first kappa shape index (κ1) is 20.6. The Morgan fingerprint density at radius 1 is 1.39 bits per heavy atom. The second-order valence-electron chi connectivity index (χ2n) is 7.74. The summed E-state index contributed by atoms with van der Waals surface area (Å²) < 4.78 is 2.07.